The minimum absolute atomic E-state index is 0.602. The molecule has 0 rings (SSSR count). The molecule has 0 aliphatic carbocycles. The molecule has 0 amide bonds. The SMILES string of the molecule is CC(SN(C)C)SN(C)C. The molecule has 0 aromatic rings. The van der Waals surface area contributed by atoms with E-state index >= 15 is 0 Å². The van der Waals surface area contributed by atoms with Crippen LogP contribution in [0.3, 0.4) is 0 Å². The van der Waals surface area contributed by atoms with Crippen molar-refractivity contribution in [3.8, 4) is 0 Å². The Morgan fingerprint density at radius 1 is 0.900 bits per heavy atom. The van der Waals surface area contributed by atoms with Crippen LogP contribution in [0.15, 0.2) is 0 Å². The Hall–Kier alpha value is 0.620. The van der Waals surface area contributed by atoms with Gasteiger partial charge in [0.05, 0.1) is 4.58 Å². The molecule has 0 atom stereocenters. The van der Waals surface area contributed by atoms with E-state index in [-0.39, 0.29) is 0 Å². The van der Waals surface area contributed by atoms with Crippen molar-refractivity contribution in [1.29, 1.82) is 0 Å². The molecule has 0 saturated carbocycles. The van der Waals surface area contributed by atoms with Crippen LogP contribution >= 0.6 is 23.9 Å². The second kappa shape index (κ2) is 5.29. The highest BCUT2D eigenvalue weighted by Gasteiger charge is 2.05. The summed E-state index contributed by atoms with van der Waals surface area (Å²) in [5.74, 6) is 0. The Morgan fingerprint density at radius 2 is 1.20 bits per heavy atom. The highest BCUT2D eigenvalue weighted by molar-refractivity contribution is 8.14. The van der Waals surface area contributed by atoms with E-state index in [1.165, 1.54) is 0 Å². The molecule has 0 aliphatic rings. The van der Waals surface area contributed by atoms with Gasteiger partial charge < -0.3 is 0 Å². The van der Waals surface area contributed by atoms with Crippen LogP contribution in [0.4, 0.5) is 0 Å². The van der Waals surface area contributed by atoms with Crippen molar-refractivity contribution in [2.24, 2.45) is 0 Å². The number of nitrogens with zero attached hydrogens (tertiary/aromatic N) is 2. The van der Waals surface area contributed by atoms with Gasteiger partial charge in [-0.2, -0.15) is 0 Å². The molecule has 0 aromatic heterocycles. The predicted molar refractivity (Wildman–Crippen MR) is 52.0 cm³/mol. The van der Waals surface area contributed by atoms with Gasteiger partial charge in [-0.1, -0.05) is 23.9 Å². The third kappa shape index (κ3) is 6.74. The maximum atomic E-state index is 2.20. The van der Waals surface area contributed by atoms with Crippen LogP contribution in [0.2, 0.25) is 0 Å². The minimum Gasteiger partial charge on any atom is -0.256 e. The van der Waals surface area contributed by atoms with Crippen LogP contribution in [0, 0.1) is 0 Å². The largest absolute Gasteiger partial charge is 0.256 e. The Morgan fingerprint density at radius 3 is 1.40 bits per heavy atom. The lowest BCUT2D eigenvalue weighted by atomic mass is 11.0. The van der Waals surface area contributed by atoms with E-state index < -0.39 is 0 Å². The lowest BCUT2D eigenvalue weighted by molar-refractivity contribution is 0.690. The Bertz CT molecular complexity index is 75.8. The van der Waals surface area contributed by atoms with Gasteiger partial charge in [-0.25, -0.2) is 0 Å². The lowest BCUT2D eigenvalue weighted by Gasteiger charge is -2.18. The van der Waals surface area contributed by atoms with E-state index in [1.807, 2.05) is 23.9 Å². The maximum Gasteiger partial charge on any atom is 0.0767 e. The Labute approximate surface area is 72.6 Å². The van der Waals surface area contributed by atoms with Crippen LogP contribution < -0.4 is 0 Å². The average molecular weight is 180 g/mol. The molecule has 0 bridgehead atoms. The fourth-order valence-corrected chi connectivity index (χ4v) is 2.99. The summed E-state index contributed by atoms with van der Waals surface area (Å²) in [5, 5.41) is 0. The first-order valence-electron chi connectivity index (χ1n) is 3.20. The lowest BCUT2D eigenvalue weighted by Crippen LogP contribution is -2.10. The smallest absolute Gasteiger partial charge is 0.0767 e. The molecular formula is C6H16N2S2. The van der Waals surface area contributed by atoms with E-state index in [0.29, 0.717) is 4.58 Å². The first-order valence-corrected chi connectivity index (χ1v) is 4.88. The van der Waals surface area contributed by atoms with Crippen LogP contribution in [0.5, 0.6) is 0 Å². The van der Waals surface area contributed by atoms with Crippen LogP contribution in [-0.4, -0.2) is 41.4 Å². The van der Waals surface area contributed by atoms with Crippen LogP contribution in [-0.2, 0) is 0 Å². The summed E-state index contributed by atoms with van der Waals surface area (Å²) in [5.41, 5.74) is 0. The second-order valence-electron chi connectivity index (χ2n) is 2.40. The summed E-state index contributed by atoms with van der Waals surface area (Å²) in [6.07, 6.45) is 0. The standard InChI is InChI=1S/C6H16N2S2/c1-6(9-7(2)3)10-8(4)5/h6H,1-5H3. The van der Waals surface area contributed by atoms with Crippen molar-refractivity contribution in [1.82, 2.24) is 8.61 Å². The molecule has 2 nitrogen and oxygen atoms in total. The van der Waals surface area contributed by atoms with E-state index in [9.17, 15) is 0 Å². The zero-order chi connectivity index (χ0) is 8.15. The molecule has 0 saturated heterocycles. The van der Waals surface area contributed by atoms with Gasteiger partial charge in [0.1, 0.15) is 0 Å². The molecule has 0 radical (unpaired) electrons. The maximum absolute atomic E-state index is 2.20. The number of hydrogen-bond donors (Lipinski definition) is 0. The first kappa shape index (κ1) is 10.6. The molecule has 0 heterocycles. The van der Waals surface area contributed by atoms with Gasteiger partial charge in [0.2, 0.25) is 0 Å². The normalized spacial score (nSPS) is 12.0. The summed E-state index contributed by atoms with van der Waals surface area (Å²) < 4.78 is 4.85. The van der Waals surface area contributed by atoms with Crippen molar-refractivity contribution < 1.29 is 0 Å². The van der Waals surface area contributed by atoms with Gasteiger partial charge in [0.25, 0.3) is 0 Å². The van der Waals surface area contributed by atoms with Gasteiger partial charge in [-0.15, -0.1) is 0 Å². The van der Waals surface area contributed by atoms with Gasteiger partial charge >= 0.3 is 0 Å². The van der Waals surface area contributed by atoms with Gasteiger partial charge in [0.15, 0.2) is 0 Å². The number of rotatable bonds is 4. The molecule has 10 heavy (non-hydrogen) atoms. The summed E-state index contributed by atoms with van der Waals surface area (Å²) in [7, 11) is 8.27. The zero-order valence-corrected chi connectivity index (χ0v) is 8.92. The molecule has 4 heteroatoms. The van der Waals surface area contributed by atoms with Crippen LogP contribution in [0.1, 0.15) is 6.92 Å². The fraction of sp³-hybridized carbons (Fsp3) is 1.00. The fourth-order valence-electron chi connectivity index (χ4n) is 0.613. The summed E-state index contributed by atoms with van der Waals surface area (Å²) >= 11 is 3.67. The molecule has 62 valence electrons. The molecular weight excluding hydrogens is 164 g/mol. The minimum atomic E-state index is 0.602. The van der Waals surface area contributed by atoms with Crippen molar-refractivity contribution in [3.63, 3.8) is 0 Å². The van der Waals surface area contributed by atoms with Crippen molar-refractivity contribution in [2.75, 3.05) is 28.2 Å². The third-order valence-electron chi connectivity index (χ3n) is 0.719. The quantitative estimate of drug-likeness (QED) is 0.480. The molecule has 0 unspecified atom stereocenters. The van der Waals surface area contributed by atoms with Crippen LogP contribution in [0.25, 0.3) is 0 Å². The Kier molecular flexibility index (Phi) is 5.62. The topological polar surface area (TPSA) is 6.48 Å². The van der Waals surface area contributed by atoms with Gasteiger partial charge in [0, 0.05) is 0 Å². The molecule has 0 fully saturated rings. The second-order valence-corrected chi connectivity index (χ2v) is 6.00. The molecule has 0 aliphatic heterocycles. The first-order chi connectivity index (χ1) is 4.52. The van der Waals surface area contributed by atoms with E-state index in [4.69, 9.17) is 0 Å². The third-order valence-corrected chi connectivity index (χ3v) is 2.67. The summed E-state index contributed by atoms with van der Waals surface area (Å²) in [6.45, 7) is 2.20. The van der Waals surface area contributed by atoms with E-state index in [1.54, 1.807) is 0 Å². The monoisotopic (exact) mass is 180 g/mol. The van der Waals surface area contributed by atoms with E-state index in [2.05, 4.69) is 43.7 Å². The average Bonchev–Trinajstić information content (AvgIpc) is 1.58. The molecule has 0 spiro atoms. The van der Waals surface area contributed by atoms with Gasteiger partial charge in [-0.05, 0) is 35.1 Å². The molecule has 0 N–H and O–H groups in total. The van der Waals surface area contributed by atoms with Crippen molar-refractivity contribution >= 4 is 23.9 Å². The van der Waals surface area contributed by atoms with Crippen molar-refractivity contribution in [3.05, 3.63) is 0 Å². The predicted octanol–water partition coefficient (Wildman–Crippen LogP) is 1.75. The summed E-state index contributed by atoms with van der Waals surface area (Å²) in [4.78, 5) is 0. The zero-order valence-electron chi connectivity index (χ0n) is 7.29. The highest BCUT2D eigenvalue weighted by Crippen LogP contribution is 2.24. The molecule has 0 aromatic carbocycles. The van der Waals surface area contributed by atoms with E-state index in [0.717, 1.165) is 0 Å². The highest BCUT2D eigenvalue weighted by atomic mass is 32.2. The van der Waals surface area contributed by atoms with Crippen molar-refractivity contribution in [2.45, 2.75) is 11.5 Å². The Balaban J connectivity index is 3.34. The summed E-state index contributed by atoms with van der Waals surface area (Å²) in [6, 6.07) is 0. The number of hydrogen-bond acceptors (Lipinski definition) is 4. The van der Waals surface area contributed by atoms with Gasteiger partial charge in [-0.3, -0.25) is 8.61 Å².